The molecule has 1 aliphatic rings. The Labute approximate surface area is 185 Å². The number of ether oxygens (including phenoxy) is 1. The number of benzene rings is 2. The molecule has 2 aromatic carbocycles. The molecule has 1 heterocycles. The molecule has 164 valence electrons. The number of carbonyl (C=O) groups excluding carboxylic acids is 1. The maximum Gasteiger partial charge on any atom is 0.328 e. The van der Waals surface area contributed by atoms with Crippen LogP contribution in [0.4, 0.5) is 0 Å². The van der Waals surface area contributed by atoms with Crippen molar-refractivity contribution in [2.45, 2.75) is 31.4 Å². The zero-order valence-electron chi connectivity index (χ0n) is 18.3. The first kappa shape index (κ1) is 23.0. The fraction of sp³-hybridized carbons (Fsp3) is 0.320. The fourth-order valence-corrected chi connectivity index (χ4v) is 5.80. The molecule has 0 spiro atoms. The minimum Gasteiger partial charge on any atom is -0.468 e. The second kappa shape index (κ2) is 9.20. The Balaban J connectivity index is 1.83. The maximum absolute atomic E-state index is 13.2. The summed E-state index contributed by atoms with van der Waals surface area (Å²) in [5.74, 6) is -0.769. The number of hydrogen-bond acceptors (Lipinski definition) is 4. The third-order valence-electron chi connectivity index (χ3n) is 5.91. The number of sulfonamides is 1. The van der Waals surface area contributed by atoms with Gasteiger partial charge < -0.3 is 4.74 Å². The van der Waals surface area contributed by atoms with Gasteiger partial charge in [-0.05, 0) is 54.5 Å². The van der Waals surface area contributed by atoms with Gasteiger partial charge in [0.25, 0.3) is 0 Å². The van der Waals surface area contributed by atoms with Crippen LogP contribution in [-0.4, -0.2) is 43.6 Å². The van der Waals surface area contributed by atoms with Gasteiger partial charge in [-0.25, -0.2) is 8.42 Å². The summed E-state index contributed by atoms with van der Waals surface area (Å²) in [4.78, 5) is 12.3. The van der Waals surface area contributed by atoms with Crippen molar-refractivity contribution in [2.24, 2.45) is 0 Å². The summed E-state index contributed by atoms with van der Waals surface area (Å²) in [5, 5.41) is 0. The summed E-state index contributed by atoms with van der Waals surface area (Å²) in [6.45, 7) is 7.64. The number of methoxy groups -OCH3 is 1. The van der Waals surface area contributed by atoms with Crippen molar-refractivity contribution in [1.29, 1.82) is 0 Å². The van der Waals surface area contributed by atoms with Crippen LogP contribution >= 0.6 is 0 Å². The topological polar surface area (TPSA) is 63.7 Å². The summed E-state index contributed by atoms with van der Waals surface area (Å²) in [7, 11) is -2.71. The van der Waals surface area contributed by atoms with Crippen LogP contribution in [0.5, 0.6) is 0 Å². The zero-order chi connectivity index (χ0) is 22.6. The van der Waals surface area contributed by atoms with E-state index in [0.717, 1.165) is 11.1 Å². The quantitative estimate of drug-likeness (QED) is 0.468. The van der Waals surface area contributed by atoms with Gasteiger partial charge in [0.1, 0.15) is 0 Å². The van der Waals surface area contributed by atoms with Crippen molar-refractivity contribution >= 4 is 21.6 Å². The van der Waals surface area contributed by atoms with E-state index < -0.39 is 20.7 Å². The van der Waals surface area contributed by atoms with Crippen LogP contribution in [-0.2, 0) is 19.6 Å². The Kier molecular flexibility index (Phi) is 6.82. The SMILES string of the molecule is C=CC[C@](C)(C(=O)OC)S(=O)(=O)N1CC=C(c2ccc(-c3ccccc3)c(C)c2)CC1. The Morgan fingerprint density at radius 2 is 1.90 bits per heavy atom. The van der Waals surface area contributed by atoms with Crippen LogP contribution < -0.4 is 0 Å². The lowest BCUT2D eigenvalue weighted by Gasteiger charge is -2.34. The first-order valence-corrected chi connectivity index (χ1v) is 11.7. The highest BCUT2D eigenvalue weighted by Crippen LogP contribution is 2.33. The lowest BCUT2D eigenvalue weighted by molar-refractivity contribution is -0.143. The van der Waals surface area contributed by atoms with Gasteiger partial charge in [-0.15, -0.1) is 6.58 Å². The third-order valence-corrected chi connectivity index (χ3v) is 8.40. The molecule has 0 saturated carbocycles. The smallest absolute Gasteiger partial charge is 0.328 e. The number of carbonyl (C=O) groups is 1. The van der Waals surface area contributed by atoms with E-state index in [0.29, 0.717) is 13.0 Å². The molecular weight excluding hydrogens is 410 g/mol. The predicted octanol–water partition coefficient (Wildman–Crippen LogP) is 4.59. The highest BCUT2D eigenvalue weighted by atomic mass is 32.2. The highest BCUT2D eigenvalue weighted by molar-refractivity contribution is 7.91. The van der Waals surface area contributed by atoms with Crippen molar-refractivity contribution in [2.75, 3.05) is 20.2 Å². The Morgan fingerprint density at radius 1 is 1.19 bits per heavy atom. The number of aryl methyl sites for hydroxylation is 1. The summed E-state index contributed by atoms with van der Waals surface area (Å²) in [5.41, 5.74) is 5.73. The van der Waals surface area contributed by atoms with E-state index in [-0.39, 0.29) is 13.0 Å². The molecule has 0 unspecified atom stereocenters. The zero-order valence-corrected chi connectivity index (χ0v) is 19.1. The van der Waals surface area contributed by atoms with Gasteiger partial charge >= 0.3 is 5.97 Å². The van der Waals surface area contributed by atoms with Crippen LogP contribution in [0.25, 0.3) is 16.7 Å². The van der Waals surface area contributed by atoms with Crippen molar-refractivity contribution in [3.63, 3.8) is 0 Å². The van der Waals surface area contributed by atoms with Crippen LogP contribution in [0, 0.1) is 6.92 Å². The maximum atomic E-state index is 13.2. The number of nitrogens with zero attached hydrogens (tertiary/aromatic N) is 1. The van der Waals surface area contributed by atoms with E-state index in [9.17, 15) is 13.2 Å². The fourth-order valence-electron chi connectivity index (χ4n) is 4.01. The summed E-state index contributed by atoms with van der Waals surface area (Å²) in [6.07, 6.45) is 3.95. The molecule has 1 atom stereocenters. The van der Waals surface area contributed by atoms with Crippen molar-refractivity contribution in [3.05, 3.63) is 78.4 Å². The molecule has 0 fully saturated rings. The number of allylic oxidation sites excluding steroid dienone is 1. The van der Waals surface area contributed by atoms with Crippen molar-refractivity contribution in [3.8, 4) is 11.1 Å². The summed E-state index contributed by atoms with van der Waals surface area (Å²) in [6, 6.07) is 16.6. The van der Waals surface area contributed by atoms with Crippen molar-refractivity contribution in [1.82, 2.24) is 4.31 Å². The second-order valence-electron chi connectivity index (χ2n) is 7.95. The van der Waals surface area contributed by atoms with Gasteiger partial charge in [0.15, 0.2) is 4.75 Å². The predicted molar refractivity (Wildman–Crippen MR) is 125 cm³/mol. The lowest BCUT2D eigenvalue weighted by Crippen LogP contribution is -2.52. The standard InChI is InChI=1S/C25H29NO4S/c1-5-15-25(3,24(27)30-4)31(28,29)26-16-13-20(14-17-26)22-11-12-23(19(2)18-22)21-9-7-6-8-10-21/h5-13,18H,1,14-17H2,2-4H3/t25-/m1/s1. The Morgan fingerprint density at radius 3 is 2.45 bits per heavy atom. The van der Waals surface area contributed by atoms with Gasteiger partial charge in [0, 0.05) is 13.1 Å². The molecule has 2 aromatic rings. The largest absolute Gasteiger partial charge is 0.468 e. The van der Waals surface area contributed by atoms with E-state index >= 15 is 0 Å². The molecule has 0 aromatic heterocycles. The minimum atomic E-state index is -3.91. The van der Waals surface area contributed by atoms with E-state index in [1.54, 1.807) is 0 Å². The van der Waals surface area contributed by atoms with Crippen LogP contribution in [0.3, 0.4) is 0 Å². The Hall–Kier alpha value is -2.70. The second-order valence-corrected chi connectivity index (χ2v) is 10.3. The van der Waals surface area contributed by atoms with Gasteiger partial charge in [-0.1, -0.05) is 60.7 Å². The molecule has 6 heteroatoms. The third kappa shape index (κ3) is 4.36. The van der Waals surface area contributed by atoms with Crippen LogP contribution in [0.1, 0.15) is 30.9 Å². The van der Waals surface area contributed by atoms with E-state index in [4.69, 9.17) is 4.74 Å². The van der Waals surface area contributed by atoms with E-state index in [1.807, 2.05) is 24.3 Å². The Bertz CT molecular complexity index is 1110. The molecule has 0 saturated heterocycles. The monoisotopic (exact) mass is 439 g/mol. The molecule has 31 heavy (non-hydrogen) atoms. The van der Waals surface area contributed by atoms with Gasteiger partial charge in [0.2, 0.25) is 10.0 Å². The lowest BCUT2D eigenvalue weighted by atomic mass is 9.94. The minimum absolute atomic E-state index is 0.00474. The first-order chi connectivity index (χ1) is 14.7. The highest BCUT2D eigenvalue weighted by Gasteiger charge is 2.49. The van der Waals surface area contributed by atoms with Gasteiger partial charge in [0.05, 0.1) is 7.11 Å². The average molecular weight is 440 g/mol. The van der Waals surface area contributed by atoms with Gasteiger partial charge in [-0.2, -0.15) is 4.31 Å². The molecule has 0 aliphatic carbocycles. The summed E-state index contributed by atoms with van der Waals surface area (Å²) >= 11 is 0. The van der Waals surface area contributed by atoms with Crippen molar-refractivity contribution < 1.29 is 17.9 Å². The van der Waals surface area contributed by atoms with E-state index in [2.05, 4.69) is 43.8 Å². The number of hydrogen-bond donors (Lipinski definition) is 0. The normalized spacial score (nSPS) is 16.8. The van der Waals surface area contributed by atoms with Crippen LogP contribution in [0.15, 0.2) is 67.3 Å². The average Bonchev–Trinajstić information content (AvgIpc) is 2.79. The number of rotatable bonds is 7. The first-order valence-electron chi connectivity index (χ1n) is 10.3. The molecule has 1 aliphatic heterocycles. The molecular formula is C25H29NO4S. The molecule has 0 bridgehead atoms. The van der Waals surface area contributed by atoms with Gasteiger partial charge in [-0.3, -0.25) is 4.79 Å². The molecule has 0 N–H and O–H groups in total. The molecule has 0 radical (unpaired) electrons. The molecule has 5 nitrogen and oxygen atoms in total. The van der Waals surface area contributed by atoms with Crippen LogP contribution in [0.2, 0.25) is 0 Å². The number of esters is 1. The molecule has 0 amide bonds. The molecule has 3 rings (SSSR count). The summed E-state index contributed by atoms with van der Waals surface area (Å²) < 4.78 is 31.0. The van der Waals surface area contributed by atoms with E-state index in [1.165, 1.54) is 41.1 Å².